The average Bonchev–Trinajstić information content (AvgIpc) is 2.81. The van der Waals surface area contributed by atoms with E-state index in [0.717, 1.165) is 16.5 Å². The summed E-state index contributed by atoms with van der Waals surface area (Å²) in [5.74, 6) is -0.518. The SMILES string of the molecule is NC(=O)c1nn(Cc2ccc(Cl)cc2)c2ccccc12. The molecule has 0 bridgehead atoms. The van der Waals surface area contributed by atoms with Gasteiger partial charge in [0.05, 0.1) is 12.1 Å². The Bertz CT molecular complexity index is 777. The highest BCUT2D eigenvalue weighted by molar-refractivity contribution is 6.30. The molecular formula is C15H12ClN3O. The van der Waals surface area contributed by atoms with Crippen molar-refractivity contribution >= 4 is 28.4 Å². The molecule has 4 nitrogen and oxygen atoms in total. The Morgan fingerprint density at radius 2 is 1.85 bits per heavy atom. The fourth-order valence-corrected chi connectivity index (χ4v) is 2.32. The lowest BCUT2D eigenvalue weighted by Gasteiger charge is -2.03. The molecule has 0 saturated carbocycles. The smallest absolute Gasteiger partial charge is 0.269 e. The van der Waals surface area contributed by atoms with Crippen LogP contribution in [0, 0.1) is 0 Å². The van der Waals surface area contributed by atoms with Gasteiger partial charge in [0.2, 0.25) is 0 Å². The molecule has 0 atom stereocenters. The molecule has 1 amide bonds. The lowest BCUT2D eigenvalue weighted by atomic mass is 10.2. The quantitative estimate of drug-likeness (QED) is 0.804. The monoisotopic (exact) mass is 285 g/mol. The molecule has 0 aliphatic carbocycles. The van der Waals surface area contributed by atoms with E-state index < -0.39 is 5.91 Å². The molecule has 2 N–H and O–H groups in total. The van der Waals surface area contributed by atoms with Crippen LogP contribution in [0.4, 0.5) is 0 Å². The summed E-state index contributed by atoms with van der Waals surface area (Å²) in [6.07, 6.45) is 0. The maximum absolute atomic E-state index is 11.5. The first-order valence-electron chi connectivity index (χ1n) is 6.15. The van der Waals surface area contributed by atoms with Gasteiger partial charge in [-0.3, -0.25) is 9.48 Å². The van der Waals surface area contributed by atoms with Gasteiger partial charge in [-0.15, -0.1) is 0 Å². The zero-order valence-corrected chi connectivity index (χ0v) is 11.3. The van der Waals surface area contributed by atoms with Gasteiger partial charge in [0, 0.05) is 10.4 Å². The number of primary amides is 1. The van der Waals surface area contributed by atoms with E-state index in [4.69, 9.17) is 17.3 Å². The summed E-state index contributed by atoms with van der Waals surface area (Å²) in [4.78, 5) is 11.5. The molecule has 0 unspecified atom stereocenters. The maximum Gasteiger partial charge on any atom is 0.269 e. The van der Waals surface area contributed by atoms with Crippen molar-refractivity contribution in [3.63, 3.8) is 0 Å². The van der Waals surface area contributed by atoms with Crippen LogP contribution in [0.15, 0.2) is 48.5 Å². The first-order chi connectivity index (χ1) is 9.65. The van der Waals surface area contributed by atoms with Crippen molar-refractivity contribution in [2.24, 2.45) is 5.73 Å². The summed E-state index contributed by atoms with van der Waals surface area (Å²) in [5.41, 5.74) is 7.61. The Balaban J connectivity index is 2.07. The standard InChI is InChI=1S/C15H12ClN3O/c16-11-7-5-10(6-8-11)9-19-13-4-2-1-3-12(13)14(18-19)15(17)20/h1-8H,9H2,(H2,17,20). The van der Waals surface area contributed by atoms with Crippen molar-refractivity contribution in [3.8, 4) is 0 Å². The van der Waals surface area contributed by atoms with Crippen LogP contribution in [-0.4, -0.2) is 15.7 Å². The van der Waals surface area contributed by atoms with E-state index in [2.05, 4.69) is 5.10 Å². The predicted molar refractivity (Wildman–Crippen MR) is 78.8 cm³/mol. The van der Waals surface area contributed by atoms with Gasteiger partial charge in [0.25, 0.3) is 5.91 Å². The summed E-state index contributed by atoms with van der Waals surface area (Å²) in [7, 11) is 0. The molecule has 0 saturated heterocycles. The Morgan fingerprint density at radius 1 is 1.15 bits per heavy atom. The van der Waals surface area contributed by atoms with E-state index in [1.54, 1.807) is 4.68 Å². The topological polar surface area (TPSA) is 60.9 Å². The molecule has 100 valence electrons. The zero-order chi connectivity index (χ0) is 14.1. The lowest BCUT2D eigenvalue weighted by molar-refractivity contribution is 0.0996. The van der Waals surface area contributed by atoms with Crippen molar-refractivity contribution in [2.75, 3.05) is 0 Å². The number of halogens is 1. The van der Waals surface area contributed by atoms with Gasteiger partial charge in [0.1, 0.15) is 0 Å². The van der Waals surface area contributed by atoms with Crippen LogP contribution >= 0.6 is 11.6 Å². The normalized spacial score (nSPS) is 10.8. The fourth-order valence-electron chi connectivity index (χ4n) is 2.19. The van der Waals surface area contributed by atoms with Crippen LogP contribution in [0.3, 0.4) is 0 Å². The molecular weight excluding hydrogens is 274 g/mol. The van der Waals surface area contributed by atoms with Crippen molar-refractivity contribution in [2.45, 2.75) is 6.54 Å². The summed E-state index contributed by atoms with van der Waals surface area (Å²) in [6, 6.07) is 15.1. The molecule has 0 spiro atoms. The molecule has 0 aliphatic heterocycles. The summed E-state index contributed by atoms with van der Waals surface area (Å²) < 4.78 is 1.78. The Morgan fingerprint density at radius 3 is 2.55 bits per heavy atom. The molecule has 0 radical (unpaired) electrons. The van der Waals surface area contributed by atoms with Crippen LogP contribution in [-0.2, 0) is 6.54 Å². The number of amides is 1. The van der Waals surface area contributed by atoms with Crippen LogP contribution < -0.4 is 5.73 Å². The highest BCUT2D eigenvalue weighted by Crippen LogP contribution is 2.19. The molecule has 0 fully saturated rings. The van der Waals surface area contributed by atoms with Crippen molar-refractivity contribution < 1.29 is 4.79 Å². The average molecular weight is 286 g/mol. The number of para-hydroxylation sites is 1. The number of carbonyl (C=O) groups is 1. The number of fused-ring (bicyclic) bond motifs is 1. The van der Waals surface area contributed by atoms with Crippen molar-refractivity contribution in [1.29, 1.82) is 0 Å². The number of hydrogen-bond acceptors (Lipinski definition) is 2. The largest absolute Gasteiger partial charge is 0.364 e. The Kier molecular flexibility index (Phi) is 3.16. The summed E-state index contributed by atoms with van der Waals surface area (Å²) in [5, 5.41) is 5.78. The minimum Gasteiger partial charge on any atom is -0.364 e. The molecule has 20 heavy (non-hydrogen) atoms. The number of benzene rings is 2. The van der Waals surface area contributed by atoms with E-state index in [0.29, 0.717) is 17.3 Å². The maximum atomic E-state index is 11.5. The number of nitrogens with two attached hydrogens (primary N) is 1. The van der Waals surface area contributed by atoms with Gasteiger partial charge in [-0.05, 0) is 23.8 Å². The predicted octanol–water partition coefficient (Wildman–Crippen LogP) is 2.84. The molecule has 3 rings (SSSR count). The van der Waals surface area contributed by atoms with Crippen LogP contribution in [0.1, 0.15) is 16.1 Å². The van der Waals surface area contributed by atoms with Crippen LogP contribution in [0.2, 0.25) is 5.02 Å². The third-order valence-corrected chi connectivity index (χ3v) is 3.39. The second-order valence-corrected chi connectivity index (χ2v) is 4.95. The van der Waals surface area contributed by atoms with Crippen molar-refractivity contribution in [3.05, 3.63) is 64.8 Å². The van der Waals surface area contributed by atoms with Gasteiger partial charge in [-0.2, -0.15) is 5.10 Å². The van der Waals surface area contributed by atoms with E-state index in [1.165, 1.54) is 0 Å². The first kappa shape index (κ1) is 12.7. The second-order valence-electron chi connectivity index (χ2n) is 4.51. The van der Waals surface area contributed by atoms with Gasteiger partial charge >= 0.3 is 0 Å². The molecule has 0 aliphatic rings. The number of aromatic nitrogens is 2. The summed E-state index contributed by atoms with van der Waals surface area (Å²) >= 11 is 5.87. The third kappa shape index (κ3) is 2.26. The van der Waals surface area contributed by atoms with E-state index in [-0.39, 0.29) is 0 Å². The van der Waals surface area contributed by atoms with Gasteiger partial charge in [0.15, 0.2) is 5.69 Å². The molecule has 1 heterocycles. The van der Waals surface area contributed by atoms with Gasteiger partial charge in [-0.1, -0.05) is 41.9 Å². The molecule has 1 aromatic heterocycles. The highest BCUT2D eigenvalue weighted by Gasteiger charge is 2.14. The van der Waals surface area contributed by atoms with Crippen LogP contribution in [0.25, 0.3) is 10.9 Å². The number of hydrogen-bond donors (Lipinski definition) is 1. The molecule has 2 aromatic carbocycles. The first-order valence-corrected chi connectivity index (χ1v) is 6.53. The third-order valence-electron chi connectivity index (χ3n) is 3.14. The highest BCUT2D eigenvalue weighted by atomic mass is 35.5. The number of carbonyl (C=O) groups excluding carboxylic acids is 1. The molecule has 5 heteroatoms. The lowest BCUT2D eigenvalue weighted by Crippen LogP contribution is -2.13. The van der Waals surface area contributed by atoms with Gasteiger partial charge in [-0.25, -0.2) is 0 Å². The zero-order valence-electron chi connectivity index (χ0n) is 10.6. The van der Waals surface area contributed by atoms with Gasteiger partial charge < -0.3 is 5.73 Å². The molecule has 3 aromatic rings. The van der Waals surface area contributed by atoms with E-state index in [9.17, 15) is 4.79 Å². The minimum absolute atomic E-state index is 0.301. The summed E-state index contributed by atoms with van der Waals surface area (Å²) in [6.45, 7) is 0.560. The minimum atomic E-state index is -0.518. The van der Waals surface area contributed by atoms with E-state index >= 15 is 0 Å². The second kappa shape index (κ2) is 4.98. The van der Waals surface area contributed by atoms with Crippen LogP contribution in [0.5, 0.6) is 0 Å². The Hall–Kier alpha value is -2.33. The number of nitrogens with zero attached hydrogens (tertiary/aromatic N) is 2. The van der Waals surface area contributed by atoms with E-state index in [1.807, 2.05) is 48.5 Å². The Labute approximate surface area is 120 Å². The van der Waals surface area contributed by atoms with Crippen molar-refractivity contribution in [1.82, 2.24) is 9.78 Å². The number of rotatable bonds is 3. The fraction of sp³-hybridized carbons (Fsp3) is 0.0667.